The number of pyridine rings is 1. The third kappa shape index (κ3) is 5.69. The van der Waals surface area contributed by atoms with Gasteiger partial charge in [-0.2, -0.15) is 0 Å². The van der Waals surface area contributed by atoms with Crippen LogP contribution >= 0.6 is 0 Å². The van der Waals surface area contributed by atoms with E-state index in [-0.39, 0.29) is 0 Å². The van der Waals surface area contributed by atoms with E-state index >= 15 is 0 Å². The lowest BCUT2D eigenvalue weighted by molar-refractivity contribution is 0.838. The number of nitrogens with zero attached hydrogens (tertiary/aromatic N) is 1. The van der Waals surface area contributed by atoms with Crippen molar-refractivity contribution in [3.05, 3.63) is 151 Å². The molecule has 0 spiro atoms. The van der Waals surface area contributed by atoms with E-state index in [0.717, 1.165) is 22.5 Å². The molecule has 5 aromatic carbocycles. The van der Waals surface area contributed by atoms with Crippen LogP contribution in [0.3, 0.4) is 0 Å². The zero-order valence-corrected chi connectivity index (χ0v) is 24.9. The second-order valence-electron chi connectivity index (χ2n) is 11.6. The van der Waals surface area contributed by atoms with Crippen molar-refractivity contribution in [3.63, 3.8) is 0 Å². The maximum Gasteiger partial charge on any atom is 0.0715 e. The molecule has 0 N–H and O–H groups in total. The van der Waals surface area contributed by atoms with E-state index in [1.165, 1.54) is 44.5 Å². The van der Waals surface area contributed by atoms with Crippen LogP contribution in [0.4, 0.5) is 0 Å². The largest absolute Gasteiger partial charge is 0.248 e. The van der Waals surface area contributed by atoms with E-state index in [2.05, 4.69) is 167 Å². The fourth-order valence-corrected chi connectivity index (χ4v) is 5.77. The molecule has 0 bridgehead atoms. The van der Waals surface area contributed by atoms with Crippen LogP contribution in [0, 0.1) is 0 Å². The molecule has 1 heteroatoms. The van der Waals surface area contributed by atoms with Gasteiger partial charge in [0.15, 0.2) is 0 Å². The fourth-order valence-electron chi connectivity index (χ4n) is 5.77. The van der Waals surface area contributed by atoms with E-state index in [1.54, 1.807) is 0 Å². The van der Waals surface area contributed by atoms with Crippen LogP contribution in [-0.4, -0.2) is 4.98 Å². The van der Waals surface area contributed by atoms with Crippen LogP contribution < -0.4 is 0 Å². The van der Waals surface area contributed by atoms with E-state index in [9.17, 15) is 0 Å². The topological polar surface area (TPSA) is 12.9 Å². The molecule has 0 aliphatic carbocycles. The summed E-state index contributed by atoms with van der Waals surface area (Å²) in [6.45, 7) is 9.23. The Hall–Kier alpha value is -4.75. The minimum absolute atomic E-state index is 0.356. The zero-order chi connectivity index (χ0) is 29.1. The first-order chi connectivity index (χ1) is 20.5. The Morgan fingerprint density at radius 3 is 1.12 bits per heavy atom. The maximum absolute atomic E-state index is 5.15. The Morgan fingerprint density at radius 1 is 0.357 bits per heavy atom. The van der Waals surface area contributed by atoms with Crippen molar-refractivity contribution < 1.29 is 0 Å². The highest BCUT2D eigenvalue weighted by Crippen LogP contribution is 2.42. The van der Waals surface area contributed by atoms with Gasteiger partial charge >= 0.3 is 0 Å². The molecule has 1 aromatic heterocycles. The monoisotopic (exact) mass is 543 g/mol. The summed E-state index contributed by atoms with van der Waals surface area (Å²) in [5.41, 5.74) is 14.5. The SMILES string of the molecule is CC(C)c1cc(-c2ccc(-c3ccccc3)cc2)cc(C(C)C)c1-c1cc(-c2ccccc2)nc(-c2ccccc2)c1. The van der Waals surface area contributed by atoms with Gasteiger partial charge in [0, 0.05) is 11.1 Å². The molecule has 0 aliphatic rings. The van der Waals surface area contributed by atoms with Gasteiger partial charge in [0.05, 0.1) is 11.4 Å². The molecular formula is C41H37N. The quantitative estimate of drug-likeness (QED) is 0.195. The molecule has 1 nitrogen and oxygen atoms in total. The first-order valence-electron chi connectivity index (χ1n) is 14.9. The molecule has 0 saturated carbocycles. The van der Waals surface area contributed by atoms with Crippen LogP contribution in [0.25, 0.3) is 55.9 Å². The molecule has 0 saturated heterocycles. The average molecular weight is 544 g/mol. The maximum atomic E-state index is 5.15. The molecule has 0 aliphatic heterocycles. The minimum atomic E-state index is 0.356. The van der Waals surface area contributed by atoms with Gasteiger partial charge in [-0.1, -0.05) is 155 Å². The van der Waals surface area contributed by atoms with Gasteiger partial charge in [-0.05, 0) is 68.5 Å². The molecule has 6 aromatic rings. The summed E-state index contributed by atoms with van der Waals surface area (Å²) in [4.78, 5) is 5.15. The van der Waals surface area contributed by atoms with Gasteiger partial charge < -0.3 is 0 Å². The lowest BCUT2D eigenvalue weighted by Crippen LogP contribution is -2.02. The van der Waals surface area contributed by atoms with Gasteiger partial charge in [-0.3, -0.25) is 0 Å². The Bertz CT molecular complexity index is 1700. The van der Waals surface area contributed by atoms with E-state index in [0.29, 0.717) is 11.8 Å². The molecule has 206 valence electrons. The summed E-state index contributed by atoms with van der Waals surface area (Å²) in [6.07, 6.45) is 0. The fraction of sp³-hybridized carbons (Fsp3) is 0.146. The predicted molar refractivity (Wildman–Crippen MR) is 180 cm³/mol. The van der Waals surface area contributed by atoms with Gasteiger partial charge in [0.25, 0.3) is 0 Å². The average Bonchev–Trinajstić information content (AvgIpc) is 3.05. The Labute approximate surface area is 250 Å². The number of rotatable bonds is 7. The summed E-state index contributed by atoms with van der Waals surface area (Å²) < 4.78 is 0. The minimum Gasteiger partial charge on any atom is -0.248 e. The van der Waals surface area contributed by atoms with E-state index in [4.69, 9.17) is 4.98 Å². The van der Waals surface area contributed by atoms with E-state index < -0.39 is 0 Å². The summed E-state index contributed by atoms with van der Waals surface area (Å²) >= 11 is 0. The lowest BCUT2D eigenvalue weighted by Gasteiger charge is -2.23. The third-order valence-electron chi connectivity index (χ3n) is 8.02. The van der Waals surface area contributed by atoms with Crippen LogP contribution in [0.15, 0.2) is 140 Å². The van der Waals surface area contributed by atoms with Crippen LogP contribution in [0.2, 0.25) is 0 Å². The molecule has 1 heterocycles. The van der Waals surface area contributed by atoms with Gasteiger partial charge in [0.2, 0.25) is 0 Å². The Balaban J connectivity index is 1.53. The molecular weight excluding hydrogens is 506 g/mol. The smallest absolute Gasteiger partial charge is 0.0715 e. The summed E-state index contributed by atoms with van der Waals surface area (Å²) in [6, 6.07) is 50.0. The number of hydrogen-bond donors (Lipinski definition) is 0. The number of hydrogen-bond acceptors (Lipinski definition) is 1. The highest BCUT2D eigenvalue weighted by atomic mass is 14.7. The van der Waals surface area contributed by atoms with Crippen LogP contribution in [0.1, 0.15) is 50.7 Å². The van der Waals surface area contributed by atoms with Gasteiger partial charge in [0.1, 0.15) is 0 Å². The van der Waals surface area contributed by atoms with Gasteiger partial charge in [-0.15, -0.1) is 0 Å². The Morgan fingerprint density at radius 2 is 0.714 bits per heavy atom. The predicted octanol–water partition coefficient (Wildman–Crippen LogP) is 11.7. The summed E-state index contributed by atoms with van der Waals surface area (Å²) in [7, 11) is 0. The lowest BCUT2D eigenvalue weighted by atomic mass is 9.82. The van der Waals surface area contributed by atoms with Crippen molar-refractivity contribution in [2.24, 2.45) is 0 Å². The second-order valence-corrected chi connectivity index (χ2v) is 11.6. The standard InChI is InChI=1S/C41H37N/c1-28(2)37-24-35(32-22-20-31(21-23-32)30-14-8-5-9-15-30)25-38(29(3)4)41(37)36-26-39(33-16-10-6-11-17-33)42-40(27-36)34-18-12-7-13-19-34/h5-29H,1-4H3. The van der Waals surface area contributed by atoms with Crippen LogP contribution in [0.5, 0.6) is 0 Å². The number of aromatic nitrogens is 1. The van der Waals surface area contributed by atoms with Crippen molar-refractivity contribution in [3.8, 4) is 55.9 Å². The van der Waals surface area contributed by atoms with E-state index in [1.807, 2.05) is 0 Å². The van der Waals surface area contributed by atoms with Crippen LogP contribution in [-0.2, 0) is 0 Å². The molecule has 0 amide bonds. The first-order valence-corrected chi connectivity index (χ1v) is 14.9. The molecule has 0 radical (unpaired) electrons. The summed E-state index contributed by atoms with van der Waals surface area (Å²) in [5, 5.41) is 0. The van der Waals surface area contributed by atoms with Gasteiger partial charge in [-0.25, -0.2) is 4.98 Å². The molecule has 0 fully saturated rings. The van der Waals surface area contributed by atoms with Crippen molar-refractivity contribution in [1.82, 2.24) is 4.98 Å². The zero-order valence-electron chi connectivity index (χ0n) is 24.9. The number of benzene rings is 5. The van der Waals surface area contributed by atoms with Crippen molar-refractivity contribution in [1.29, 1.82) is 0 Å². The summed E-state index contributed by atoms with van der Waals surface area (Å²) in [5.74, 6) is 0.712. The molecule has 6 rings (SSSR count). The molecule has 0 atom stereocenters. The Kier molecular flexibility index (Phi) is 7.84. The second kappa shape index (κ2) is 12.0. The highest BCUT2D eigenvalue weighted by molar-refractivity contribution is 5.83. The third-order valence-corrected chi connectivity index (χ3v) is 8.02. The molecule has 42 heavy (non-hydrogen) atoms. The first kappa shape index (κ1) is 27.4. The van der Waals surface area contributed by atoms with Crippen molar-refractivity contribution in [2.75, 3.05) is 0 Å². The normalized spacial score (nSPS) is 11.3. The van der Waals surface area contributed by atoms with Crippen molar-refractivity contribution in [2.45, 2.75) is 39.5 Å². The molecule has 0 unspecified atom stereocenters. The van der Waals surface area contributed by atoms with Crippen molar-refractivity contribution >= 4 is 0 Å². The highest BCUT2D eigenvalue weighted by Gasteiger charge is 2.20.